The van der Waals surface area contributed by atoms with Gasteiger partial charge >= 0.3 is 0 Å². The van der Waals surface area contributed by atoms with E-state index in [0.717, 1.165) is 46.4 Å². The minimum atomic E-state index is -0.0808. The molecule has 1 saturated heterocycles. The predicted molar refractivity (Wildman–Crippen MR) is 108 cm³/mol. The Bertz CT molecular complexity index is 763. The Morgan fingerprint density at radius 1 is 1.52 bits per heavy atom. The number of aromatic amines is 1. The van der Waals surface area contributed by atoms with Crippen molar-refractivity contribution < 1.29 is 4.79 Å². The van der Waals surface area contributed by atoms with Gasteiger partial charge in [0.15, 0.2) is 0 Å². The summed E-state index contributed by atoms with van der Waals surface area (Å²) in [7, 11) is 0. The van der Waals surface area contributed by atoms with E-state index < -0.39 is 0 Å². The number of halogens is 2. The van der Waals surface area contributed by atoms with Crippen LogP contribution in [0.2, 0.25) is 0 Å². The van der Waals surface area contributed by atoms with Gasteiger partial charge in [0, 0.05) is 37.4 Å². The van der Waals surface area contributed by atoms with Gasteiger partial charge in [-0.05, 0) is 28.3 Å². The molecule has 0 aliphatic carbocycles. The van der Waals surface area contributed by atoms with Crippen LogP contribution >= 0.6 is 28.3 Å². The second kappa shape index (κ2) is 7.93. The van der Waals surface area contributed by atoms with Gasteiger partial charge in [0.25, 0.3) is 0 Å². The maximum Gasteiger partial charge on any atom is 0.226 e. The average Bonchev–Trinajstić information content (AvgIpc) is 2.93. The zero-order valence-electron chi connectivity index (χ0n) is 14.7. The summed E-state index contributed by atoms with van der Waals surface area (Å²) in [6, 6.07) is 0.140. The normalized spacial score (nSPS) is 20.6. The molecule has 0 bridgehead atoms. The SMILES string of the molecule is CC(C)C(=O)Nc1c[nH]c2ncc(Br)c(N3CC[C@H](C)[C@@H](N)C3)c12.Cl. The van der Waals surface area contributed by atoms with Gasteiger partial charge < -0.3 is 20.9 Å². The third kappa shape index (κ3) is 3.93. The molecule has 3 heterocycles. The number of amides is 1. The number of anilines is 2. The molecule has 0 radical (unpaired) electrons. The molecule has 0 unspecified atom stereocenters. The molecule has 6 nitrogen and oxygen atoms in total. The standard InChI is InChI=1S/C17H24BrN5O.ClH/c1-9(2)17(24)22-13-7-21-16-14(13)15(11(18)6-20-16)23-5-4-10(3)12(19)8-23;/h6-7,9-10,12H,4-5,8,19H2,1-3H3,(H,20,21)(H,22,24);1H/t10-,12-;/m0./s1. The molecule has 1 amide bonds. The van der Waals surface area contributed by atoms with E-state index in [0.29, 0.717) is 5.92 Å². The predicted octanol–water partition coefficient (Wildman–Crippen LogP) is 3.52. The van der Waals surface area contributed by atoms with Crippen LogP contribution in [0, 0.1) is 11.8 Å². The second-order valence-corrected chi connectivity index (χ2v) is 7.75. The Balaban J connectivity index is 0.00000225. The number of nitrogens with one attached hydrogen (secondary N) is 2. The highest BCUT2D eigenvalue weighted by Gasteiger charge is 2.27. The van der Waals surface area contributed by atoms with Crippen LogP contribution in [0.4, 0.5) is 11.4 Å². The van der Waals surface area contributed by atoms with Crippen molar-refractivity contribution in [3.63, 3.8) is 0 Å². The van der Waals surface area contributed by atoms with E-state index in [1.165, 1.54) is 0 Å². The minimum Gasteiger partial charge on any atom is -0.368 e. The van der Waals surface area contributed by atoms with Crippen LogP contribution in [-0.4, -0.2) is 35.0 Å². The lowest BCUT2D eigenvalue weighted by Gasteiger charge is -2.37. The van der Waals surface area contributed by atoms with Crippen molar-refractivity contribution in [1.82, 2.24) is 9.97 Å². The first-order valence-corrected chi connectivity index (χ1v) is 9.14. The van der Waals surface area contributed by atoms with Gasteiger partial charge in [-0.2, -0.15) is 0 Å². The zero-order chi connectivity index (χ0) is 17.4. The molecule has 1 fully saturated rings. The maximum absolute atomic E-state index is 12.1. The van der Waals surface area contributed by atoms with Crippen molar-refractivity contribution in [2.45, 2.75) is 33.2 Å². The number of carbonyl (C=O) groups is 1. The number of nitrogens with two attached hydrogens (primary N) is 1. The largest absolute Gasteiger partial charge is 0.368 e. The topological polar surface area (TPSA) is 87.0 Å². The smallest absolute Gasteiger partial charge is 0.226 e. The van der Waals surface area contributed by atoms with Crippen molar-refractivity contribution in [2.75, 3.05) is 23.3 Å². The quantitative estimate of drug-likeness (QED) is 0.695. The van der Waals surface area contributed by atoms with E-state index in [9.17, 15) is 4.79 Å². The Hall–Kier alpha value is -1.31. The summed E-state index contributed by atoms with van der Waals surface area (Å²) in [6.45, 7) is 7.69. The summed E-state index contributed by atoms with van der Waals surface area (Å²) in [6.07, 6.45) is 4.65. The van der Waals surface area contributed by atoms with Crippen LogP contribution in [0.3, 0.4) is 0 Å². The molecular weight excluding hydrogens is 406 g/mol. The van der Waals surface area contributed by atoms with Gasteiger partial charge in [-0.1, -0.05) is 20.8 Å². The van der Waals surface area contributed by atoms with Gasteiger partial charge in [-0.3, -0.25) is 4.79 Å². The molecule has 1 aliphatic rings. The number of piperidine rings is 1. The second-order valence-electron chi connectivity index (χ2n) is 6.90. The number of pyridine rings is 1. The van der Waals surface area contributed by atoms with Crippen LogP contribution < -0.4 is 16.0 Å². The maximum atomic E-state index is 12.1. The number of nitrogens with zero attached hydrogens (tertiary/aromatic N) is 2. The number of fused-ring (bicyclic) bond motifs is 1. The highest BCUT2D eigenvalue weighted by atomic mass is 79.9. The number of hydrogen-bond acceptors (Lipinski definition) is 4. The van der Waals surface area contributed by atoms with Gasteiger partial charge in [-0.15, -0.1) is 12.4 Å². The summed E-state index contributed by atoms with van der Waals surface area (Å²) in [5.41, 5.74) is 8.85. The van der Waals surface area contributed by atoms with Crippen molar-refractivity contribution in [3.8, 4) is 0 Å². The van der Waals surface area contributed by atoms with Crippen molar-refractivity contribution >= 4 is 56.7 Å². The molecule has 25 heavy (non-hydrogen) atoms. The van der Waals surface area contributed by atoms with E-state index >= 15 is 0 Å². The van der Waals surface area contributed by atoms with E-state index in [1.807, 2.05) is 13.8 Å². The molecule has 138 valence electrons. The monoisotopic (exact) mass is 429 g/mol. The van der Waals surface area contributed by atoms with Gasteiger partial charge in [0.05, 0.1) is 21.2 Å². The van der Waals surface area contributed by atoms with Crippen LogP contribution in [0.1, 0.15) is 27.2 Å². The highest BCUT2D eigenvalue weighted by molar-refractivity contribution is 9.10. The fourth-order valence-electron chi connectivity index (χ4n) is 3.04. The molecule has 0 saturated carbocycles. The highest BCUT2D eigenvalue weighted by Crippen LogP contribution is 2.39. The van der Waals surface area contributed by atoms with Crippen molar-refractivity contribution in [2.24, 2.45) is 17.6 Å². The van der Waals surface area contributed by atoms with E-state index in [1.54, 1.807) is 12.4 Å². The third-order valence-corrected chi connectivity index (χ3v) is 5.32. The molecular formula is C17H25BrClN5O. The van der Waals surface area contributed by atoms with Gasteiger partial charge in [-0.25, -0.2) is 4.98 Å². The molecule has 2 aromatic heterocycles. The molecule has 2 aromatic rings. The van der Waals surface area contributed by atoms with Crippen LogP contribution in [0.15, 0.2) is 16.9 Å². The summed E-state index contributed by atoms with van der Waals surface area (Å²) in [5.74, 6) is 0.428. The van der Waals surface area contributed by atoms with Crippen LogP contribution in [-0.2, 0) is 4.79 Å². The van der Waals surface area contributed by atoms with Crippen LogP contribution in [0.25, 0.3) is 11.0 Å². The fraction of sp³-hybridized carbons (Fsp3) is 0.529. The summed E-state index contributed by atoms with van der Waals surface area (Å²) in [4.78, 5) is 22.0. The zero-order valence-corrected chi connectivity index (χ0v) is 17.1. The molecule has 0 spiro atoms. The van der Waals surface area contributed by atoms with E-state index in [4.69, 9.17) is 5.73 Å². The van der Waals surface area contributed by atoms with Gasteiger partial charge in [0.2, 0.25) is 5.91 Å². The van der Waals surface area contributed by atoms with Crippen LogP contribution in [0.5, 0.6) is 0 Å². The third-order valence-electron chi connectivity index (χ3n) is 4.74. The Kier molecular flexibility index (Phi) is 6.35. The number of hydrogen-bond donors (Lipinski definition) is 3. The van der Waals surface area contributed by atoms with Gasteiger partial charge in [0.1, 0.15) is 5.65 Å². The molecule has 2 atom stereocenters. The lowest BCUT2D eigenvalue weighted by Crippen LogP contribution is -2.47. The molecule has 0 aromatic carbocycles. The number of carbonyl (C=O) groups excluding carboxylic acids is 1. The number of aromatic nitrogens is 2. The minimum absolute atomic E-state index is 0. The molecule has 3 rings (SSSR count). The number of H-pyrrole nitrogens is 1. The molecule has 8 heteroatoms. The summed E-state index contributed by atoms with van der Waals surface area (Å²) in [5, 5.41) is 3.93. The van der Waals surface area contributed by atoms with Crippen molar-refractivity contribution in [3.05, 3.63) is 16.9 Å². The van der Waals surface area contributed by atoms with E-state index in [-0.39, 0.29) is 30.3 Å². The lowest BCUT2D eigenvalue weighted by molar-refractivity contribution is -0.118. The average molecular weight is 431 g/mol. The van der Waals surface area contributed by atoms with E-state index in [2.05, 4.69) is 43.0 Å². The first-order valence-electron chi connectivity index (χ1n) is 8.35. The Labute approximate surface area is 162 Å². The first kappa shape index (κ1) is 20.0. The fourth-order valence-corrected chi connectivity index (χ4v) is 3.59. The Morgan fingerprint density at radius 2 is 2.24 bits per heavy atom. The molecule has 1 aliphatic heterocycles. The van der Waals surface area contributed by atoms with Crippen molar-refractivity contribution in [1.29, 1.82) is 0 Å². The number of rotatable bonds is 3. The molecule has 4 N–H and O–H groups in total. The summed E-state index contributed by atoms with van der Waals surface area (Å²) < 4.78 is 0.913. The summed E-state index contributed by atoms with van der Waals surface area (Å²) >= 11 is 3.63. The Morgan fingerprint density at radius 3 is 2.88 bits per heavy atom. The lowest BCUT2D eigenvalue weighted by atomic mass is 9.94. The first-order chi connectivity index (χ1) is 11.4.